The normalized spacial score (nSPS) is 32.7. The number of aromatic carboxylic acids is 1. The number of fused-ring (bicyclic) bond motifs is 1. The number of nitrogens with zero attached hydrogens (tertiary/aromatic N) is 2. The van der Waals surface area contributed by atoms with E-state index >= 15 is 0 Å². The van der Waals surface area contributed by atoms with Crippen molar-refractivity contribution >= 4 is 5.97 Å². The average molecular weight is 350 g/mol. The second-order valence-electron chi connectivity index (χ2n) is 7.61. The van der Waals surface area contributed by atoms with Crippen LogP contribution in [0.25, 0.3) is 0 Å². The molecule has 1 saturated heterocycles. The van der Waals surface area contributed by atoms with Crippen molar-refractivity contribution in [1.29, 1.82) is 0 Å². The number of rotatable bonds is 7. The molecule has 0 spiro atoms. The summed E-state index contributed by atoms with van der Waals surface area (Å²) < 4.78 is 17.4. The number of methoxy groups -OCH3 is 1. The minimum Gasteiger partial charge on any atom is -0.476 e. The highest BCUT2D eigenvalue weighted by molar-refractivity contribution is 5.84. The first-order valence-corrected chi connectivity index (χ1v) is 9.18. The van der Waals surface area contributed by atoms with E-state index in [0.717, 1.165) is 44.8 Å². The molecular formula is C18H26N2O5. The van der Waals surface area contributed by atoms with E-state index in [9.17, 15) is 4.79 Å². The SMILES string of the molecule is CO[C@@]12CC[C@H](OCC3CC3)C[C@@H]1N(Cc1nc(C(=O)O)co1)CC2. The molecule has 1 aromatic rings. The Labute approximate surface area is 147 Å². The zero-order valence-corrected chi connectivity index (χ0v) is 14.6. The van der Waals surface area contributed by atoms with E-state index in [1.165, 1.54) is 19.1 Å². The summed E-state index contributed by atoms with van der Waals surface area (Å²) in [5.74, 6) is 0.162. The summed E-state index contributed by atoms with van der Waals surface area (Å²) in [6.45, 7) is 2.30. The predicted molar refractivity (Wildman–Crippen MR) is 88.3 cm³/mol. The maximum Gasteiger partial charge on any atom is 0.357 e. The number of hydrogen-bond acceptors (Lipinski definition) is 6. The Morgan fingerprint density at radius 1 is 1.44 bits per heavy atom. The van der Waals surface area contributed by atoms with Crippen LogP contribution in [0.2, 0.25) is 0 Å². The number of hydrogen-bond donors (Lipinski definition) is 1. The molecule has 2 saturated carbocycles. The highest BCUT2D eigenvalue weighted by Gasteiger charge is 2.51. The van der Waals surface area contributed by atoms with Crippen LogP contribution in [0.4, 0.5) is 0 Å². The summed E-state index contributed by atoms with van der Waals surface area (Å²) in [6, 6.07) is 0.260. The molecule has 7 heteroatoms. The molecule has 0 unspecified atom stereocenters. The van der Waals surface area contributed by atoms with Crippen LogP contribution in [0.3, 0.4) is 0 Å². The number of likely N-dealkylation sites (tertiary alicyclic amines) is 1. The summed E-state index contributed by atoms with van der Waals surface area (Å²) in [7, 11) is 1.80. The molecule has 3 atom stereocenters. The predicted octanol–water partition coefficient (Wildman–Crippen LogP) is 2.31. The number of carboxylic acid groups (broad SMARTS) is 1. The van der Waals surface area contributed by atoms with Crippen molar-refractivity contribution in [2.24, 2.45) is 5.92 Å². The fourth-order valence-corrected chi connectivity index (χ4v) is 4.31. The van der Waals surface area contributed by atoms with Crippen LogP contribution in [0.5, 0.6) is 0 Å². The van der Waals surface area contributed by atoms with E-state index in [-0.39, 0.29) is 23.4 Å². The quantitative estimate of drug-likeness (QED) is 0.807. The number of ether oxygens (including phenoxy) is 2. The Morgan fingerprint density at radius 2 is 2.28 bits per heavy atom. The molecular weight excluding hydrogens is 324 g/mol. The van der Waals surface area contributed by atoms with Crippen molar-refractivity contribution in [1.82, 2.24) is 9.88 Å². The fourth-order valence-electron chi connectivity index (χ4n) is 4.31. The Hall–Kier alpha value is -1.44. The van der Waals surface area contributed by atoms with Crippen molar-refractivity contribution < 1.29 is 23.8 Å². The number of carboxylic acids is 1. The van der Waals surface area contributed by atoms with Crippen LogP contribution in [0, 0.1) is 5.92 Å². The molecule has 4 rings (SSSR count). The van der Waals surface area contributed by atoms with Gasteiger partial charge in [0.15, 0.2) is 5.69 Å². The summed E-state index contributed by atoms with van der Waals surface area (Å²) in [5, 5.41) is 9.00. The van der Waals surface area contributed by atoms with Gasteiger partial charge in [0.05, 0.1) is 18.2 Å². The fraction of sp³-hybridized carbons (Fsp3) is 0.778. The van der Waals surface area contributed by atoms with Crippen LogP contribution < -0.4 is 0 Å². The van der Waals surface area contributed by atoms with E-state index in [2.05, 4.69) is 9.88 Å². The molecule has 3 aliphatic rings. The molecule has 2 heterocycles. The Balaban J connectivity index is 1.43. The lowest BCUT2D eigenvalue weighted by Gasteiger charge is -2.43. The van der Waals surface area contributed by atoms with Gasteiger partial charge in [0.25, 0.3) is 0 Å². The monoisotopic (exact) mass is 350 g/mol. The van der Waals surface area contributed by atoms with Gasteiger partial charge in [0.2, 0.25) is 5.89 Å². The maximum atomic E-state index is 11.0. The maximum absolute atomic E-state index is 11.0. The molecule has 0 aromatic carbocycles. The minimum atomic E-state index is -1.06. The van der Waals surface area contributed by atoms with E-state index < -0.39 is 5.97 Å². The van der Waals surface area contributed by atoms with Crippen LogP contribution in [0.1, 0.15) is 54.9 Å². The summed E-state index contributed by atoms with van der Waals surface area (Å²) in [6.07, 6.45) is 8.09. The minimum absolute atomic E-state index is 0.0403. The van der Waals surface area contributed by atoms with Crippen LogP contribution >= 0.6 is 0 Å². The van der Waals surface area contributed by atoms with Gasteiger partial charge in [-0.2, -0.15) is 0 Å². The van der Waals surface area contributed by atoms with E-state index in [4.69, 9.17) is 19.0 Å². The topological polar surface area (TPSA) is 85.0 Å². The molecule has 1 aromatic heterocycles. The molecule has 25 heavy (non-hydrogen) atoms. The van der Waals surface area contributed by atoms with E-state index in [1.54, 1.807) is 7.11 Å². The van der Waals surface area contributed by atoms with Gasteiger partial charge in [-0.05, 0) is 44.4 Å². The van der Waals surface area contributed by atoms with Crippen LogP contribution in [0.15, 0.2) is 10.7 Å². The Morgan fingerprint density at radius 3 is 2.96 bits per heavy atom. The zero-order chi connectivity index (χ0) is 17.4. The van der Waals surface area contributed by atoms with Gasteiger partial charge >= 0.3 is 5.97 Å². The van der Waals surface area contributed by atoms with Gasteiger partial charge < -0.3 is 19.0 Å². The van der Waals surface area contributed by atoms with Crippen LogP contribution in [-0.2, 0) is 16.0 Å². The zero-order valence-electron chi connectivity index (χ0n) is 14.6. The highest BCUT2D eigenvalue weighted by Crippen LogP contribution is 2.44. The molecule has 1 N–H and O–H groups in total. The molecule has 138 valence electrons. The first-order valence-electron chi connectivity index (χ1n) is 9.18. The first kappa shape index (κ1) is 17.0. The van der Waals surface area contributed by atoms with Crippen molar-refractivity contribution in [3.8, 4) is 0 Å². The van der Waals surface area contributed by atoms with Gasteiger partial charge in [-0.1, -0.05) is 0 Å². The molecule has 1 aliphatic heterocycles. The largest absolute Gasteiger partial charge is 0.476 e. The standard InChI is InChI=1S/C18H26N2O5/c1-23-18-5-4-13(24-10-12-2-3-12)8-15(18)20(7-6-18)9-16-19-14(11-25-16)17(21)22/h11-13,15H,2-10H2,1H3,(H,21,22)/t13-,15-,18+/m0/s1. The van der Waals surface area contributed by atoms with E-state index in [0.29, 0.717) is 12.4 Å². The van der Waals surface area contributed by atoms with Gasteiger partial charge in [0, 0.05) is 26.3 Å². The van der Waals surface area contributed by atoms with Gasteiger partial charge in [-0.3, -0.25) is 4.90 Å². The first-order chi connectivity index (χ1) is 12.1. The molecule has 7 nitrogen and oxygen atoms in total. The number of oxazole rings is 1. The van der Waals surface area contributed by atoms with Crippen LogP contribution in [-0.4, -0.2) is 59.0 Å². The molecule has 3 fully saturated rings. The third kappa shape index (κ3) is 3.45. The Kier molecular flexibility index (Phi) is 4.56. The lowest BCUT2D eigenvalue weighted by atomic mass is 9.79. The average Bonchev–Trinajstić information content (AvgIpc) is 3.21. The Bertz CT molecular complexity index is 629. The van der Waals surface area contributed by atoms with E-state index in [1.807, 2.05) is 0 Å². The van der Waals surface area contributed by atoms with Crippen molar-refractivity contribution in [3.05, 3.63) is 17.8 Å². The van der Waals surface area contributed by atoms with Gasteiger partial charge in [-0.25, -0.2) is 9.78 Å². The van der Waals surface area contributed by atoms with Crippen molar-refractivity contribution in [2.45, 2.75) is 62.8 Å². The lowest BCUT2D eigenvalue weighted by molar-refractivity contribution is -0.103. The van der Waals surface area contributed by atoms with Crippen molar-refractivity contribution in [3.63, 3.8) is 0 Å². The summed E-state index contributed by atoms with van der Waals surface area (Å²) in [4.78, 5) is 17.4. The molecule has 0 radical (unpaired) electrons. The van der Waals surface area contributed by atoms with Gasteiger partial charge in [0.1, 0.15) is 6.26 Å². The second-order valence-corrected chi connectivity index (χ2v) is 7.61. The molecule has 2 aliphatic carbocycles. The third-order valence-corrected chi connectivity index (χ3v) is 6.03. The molecule has 0 bridgehead atoms. The van der Waals surface area contributed by atoms with Crippen molar-refractivity contribution in [2.75, 3.05) is 20.3 Å². The third-order valence-electron chi connectivity index (χ3n) is 6.03. The lowest BCUT2D eigenvalue weighted by Crippen LogP contribution is -2.51. The number of carbonyl (C=O) groups is 1. The number of aromatic nitrogens is 1. The summed E-state index contributed by atoms with van der Waals surface area (Å²) in [5.41, 5.74) is -0.164. The second kappa shape index (κ2) is 6.70. The highest BCUT2D eigenvalue weighted by atomic mass is 16.5. The molecule has 0 amide bonds. The summed E-state index contributed by atoms with van der Waals surface area (Å²) >= 11 is 0. The van der Waals surface area contributed by atoms with Gasteiger partial charge in [-0.15, -0.1) is 0 Å². The smallest absolute Gasteiger partial charge is 0.357 e.